The fourth-order valence-corrected chi connectivity index (χ4v) is 4.41. The summed E-state index contributed by atoms with van der Waals surface area (Å²) in [7, 11) is 0. The van der Waals surface area contributed by atoms with E-state index in [0.29, 0.717) is 18.7 Å². The summed E-state index contributed by atoms with van der Waals surface area (Å²) in [5.41, 5.74) is 4.35. The highest BCUT2D eigenvalue weighted by atomic mass is 16.3. The van der Waals surface area contributed by atoms with Crippen LogP contribution in [0.25, 0.3) is 22.2 Å². The standard InChI is InChI=1S/C25H27N5O2/c1-3-30-18(2)22(16-26-30)24-15-21(20-8-4-5-9-23(20)27-24)25(31)29-12-10-28(11-13-29)17-19-7-6-14-32-19/h4-9,14-16H,3,10-13,17H2,1-2H3. The van der Waals surface area contributed by atoms with Crippen molar-refractivity contribution < 1.29 is 9.21 Å². The molecule has 0 N–H and O–H groups in total. The van der Waals surface area contributed by atoms with Gasteiger partial charge in [-0.25, -0.2) is 4.98 Å². The van der Waals surface area contributed by atoms with Crippen molar-refractivity contribution in [1.82, 2.24) is 24.6 Å². The molecular weight excluding hydrogens is 402 g/mol. The first-order valence-corrected chi connectivity index (χ1v) is 11.1. The third kappa shape index (κ3) is 3.80. The number of rotatable bonds is 5. The van der Waals surface area contributed by atoms with Crippen molar-refractivity contribution in [3.63, 3.8) is 0 Å². The zero-order valence-electron chi connectivity index (χ0n) is 18.5. The normalized spacial score (nSPS) is 14.9. The smallest absolute Gasteiger partial charge is 0.254 e. The second kappa shape index (κ2) is 8.59. The lowest BCUT2D eigenvalue weighted by Crippen LogP contribution is -2.48. The van der Waals surface area contributed by atoms with Crippen LogP contribution >= 0.6 is 0 Å². The van der Waals surface area contributed by atoms with Crippen molar-refractivity contribution >= 4 is 16.8 Å². The van der Waals surface area contributed by atoms with Crippen molar-refractivity contribution in [2.45, 2.75) is 26.9 Å². The number of fused-ring (bicyclic) bond motifs is 1. The Hall–Kier alpha value is -3.45. The molecule has 0 unspecified atom stereocenters. The summed E-state index contributed by atoms with van der Waals surface area (Å²) in [5.74, 6) is 1.01. The molecule has 0 radical (unpaired) electrons. The van der Waals surface area contributed by atoms with Crippen molar-refractivity contribution in [2.24, 2.45) is 0 Å². The van der Waals surface area contributed by atoms with Crippen LogP contribution in [0.4, 0.5) is 0 Å². The maximum absolute atomic E-state index is 13.6. The van der Waals surface area contributed by atoms with Gasteiger partial charge in [0.15, 0.2) is 0 Å². The van der Waals surface area contributed by atoms with E-state index in [9.17, 15) is 4.79 Å². The van der Waals surface area contributed by atoms with Gasteiger partial charge < -0.3 is 9.32 Å². The van der Waals surface area contributed by atoms with Crippen molar-refractivity contribution in [1.29, 1.82) is 0 Å². The molecule has 4 aromatic rings. The molecule has 0 spiro atoms. The highest BCUT2D eigenvalue weighted by Crippen LogP contribution is 2.28. The van der Waals surface area contributed by atoms with E-state index in [1.54, 1.807) is 6.26 Å². The molecule has 1 fully saturated rings. The number of furan rings is 1. The molecule has 7 heteroatoms. The number of benzene rings is 1. The third-order valence-corrected chi connectivity index (χ3v) is 6.24. The van der Waals surface area contributed by atoms with Crippen molar-refractivity contribution in [2.75, 3.05) is 26.2 Å². The third-order valence-electron chi connectivity index (χ3n) is 6.24. The minimum absolute atomic E-state index is 0.0584. The summed E-state index contributed by atoms with van der Waals surface area (Å²) < 4.78 is 7.42. The van der Waals surface area contributed by atoms with Gasteiger partial charge in [0.05, 0.1) is 35.8 Å². The maximum atomic E-state index is 13.6. The predicted octanol–water partition coefficient (Wildman–Crippen LogP) is 3.98. The average molecular weight is 430 g/mol. The highest BCUT2D eigenvalue weighted by Gasteiger charge is 2.25. The van der Waals surface area contributed by atoms with Gasteiger partial charge in [0.1, 0.15) is 5.76 Å². The number of aromatic nitrogens is 3. The van der Waals surface area contributed by atoms with Gasteiger partial charge in [-0.15, -0.1) is 0 Å². The number of para-hydroxylation sites is 1. The number of amides is 1. The molecule has 1 aromatic carbocycles. The summed E-state index contributed by atoms with van der Waals surface area (Å²) in [5, 5.41) is 5.35. The summed E-state index contributed by atoms with van der Waals surface area (Å²) in [4.78, 5) is 22.7. The van der Waals surface area contributed by atoms with E-state index in [2.05, 4.69) is 16.9 Å². The summed E-state index contributed by atoms with van der Waals surface area (Å²) >= 11 is 0. The first-order chi connectivity index (χ1) is 15.6. The molecule has 1 aliphatic heterocycles. The first-order valence-electron chi connectivity index (χ1n) is 11.1. The fourth-order valence-electron chi connectivity index (χ4n) is 4.41. The average Bonchev–Trinajstić information content (AvgIpc) is 3.47. The zero-order valence-corrected chi connectivity index (χ0v) is 18.5. The van der Waals surface area contributed by atoms with Crippen LogP contribution in [0.1, 0.15) is 28.7 Å². The molecule has 1 saturated heterocycles. The summed E-state index contributed by atoms with van der Waals surface area (Å²) in [6, 6.07) is 13.7. The Bertz CT molecular complexity index is 1240. The summed E-state index contributed by atoms with van der Waals surface area (Å²) in [6.45, 7) is 8.72. The molecule has 4 heterocycles. The van der Waals surface area contributed by atoms with Crippen LogP contribution in [0.15, 0.2) is 59.3 Å². The number of carbonyl (C=O) groups is 1. The minimum atomic E-state index is 0.0584. The number of hydrogen-bond donors (Lipinski definition) is 0. The Kier molecular flexibility index (Phi) is 5.49. The molecule has 5 rings (SSSR count). The van der Waals surface area contributed by atoms with E-state index in [0.717, 1.165) is 59.8 Å². The number of piperazine rings is 1. The lowest BCUT2D eigenvalue weighted by molar-refractivity contribution is 0.0622. The van der Waals surface area contributed by atoms with E-state index in [-0.39, 0.29) is 5.91 Å². The minimum Gasteiger partial charge on any atom is -0.468 e. The first kappa shape index (κ1) is 20.5. The van der Waals surface area contributed by atoms with Gasteiger partial charge in [-0.3, -0.25) is 14.4 Å². The second-order valence-corrected chi connectivity index (χ2v) is 8.18. The van der Waals surface area contributed by atoms with E-state index in [4.69, 9.17) is 9.40 Å². The second-order valence-electron chi connectivity index (χ2n) is 8.18. The van der Waals surface area contributed by atoms with E-state index < -0.39 is 0 Å². The van der Waals surface area contributed by atoms with Gasteiger partial charge in [-0.1, -0.05) is 18.2 Å². The van der Waals surface area contributed by atoms with E-state index in [1.165, 1.54) is 0 Å². The topological polar surface area (TPSA) is 67.4 Å². The van der Waals surface area contributed by atoms with Crippen molar-refractivity contribution in [3.05, 3.63) is 71.9 Å². The number of pyridine rings is 1. The Labute approximate surface area is 187 Å². The predicted molar refractivity (Wildman–Crippen MR) is 123 cm³/mol. The Morgan fingerprint density at radius 2 is 1.91 bits per heavy atom. The number of hydrogen-bond acceptors (Lipinski definition) is 5. The molecule has 7 nitrogen and oxygen atoms in total. The Morgan fingerprint density at radius 1 is 1.09 bits per heavy atom. The number of aryl methyl sites for hydroxylation is 1. The number of carbonyl (C=O) groups excluding carboxylic acids is 1. The number of nitrogens with zero attached hydrogens (tertiary/aromatic N) is 5. The van der Waals surface area contributed by atoms with Crippen LogP contribution in [-0.2, 0) is 13.1 Å². The molecule has 0 saturated carbocycles. The van der Waals surface area contributed by atoms with Gasteiger partial charge in [0, 0.05) is 49.4 Å². The lowest BCUT2D eigenvalue weighted by Gasteiger charge is -2.34. The zero-order chi connectivity index (χ0) is 22.1. The Morgan fingerprint density at radius 3 is 2.62 bits per heavy atom. The van der Waals surface area contributed by atoms with Gasteiger partial charge in [0.25, 0.3) is 5.91 Å². The van der Waals surface area contributed by atoms with Crippen LogP contribution in [0.3, 0.4) is 0 Å². The molecule has 1 aliphatic rings. The van der Waals surface area contributed by atoms with Gasteiger partial charge in [-0.05, 0) is 38.1 Å². The largest absolute Gasteiger partial charge is 0.468 e. The quantitative estimate of drug-likeness (QED) is 0.480. The van der Waals surface area contributed by atoms with Gasteiger partial charge in [-0.2, -0.15) is 5.10 Å². The van der Waals surface area contributed by atoms with Crippen molar-refractivity contribution in [3.8, 4) is 11.3 Å². The highest BCUT2D eigenvalue weighted by molar-refractivity contribution is 6.07. The maximum Gasteiger partial charge on any atom is 0.254 e. The van der Waals surface area contributed by atoms with E-state index >= 15 is 0 Å². The molecule has 1 amide bonds. The van der Waals surface area contributed by atoms with E-state index in [1.807, 2.05) is 65.2 Å². The monoisotopic (exact) mass is 429 g/mol. The molecule has 32 heavy (non-hydrogen) atoms. The van der Waals surface area contributed by atoms with Crippen LogP contribution < -0.4 is 0 Å². The molecule has 0 atom stereocenters. The molecule has 164 valence electrons. The SMILES string of the molecule is CCn1ncc(-c2cc(C(=O)N3CCN(Cc4ccco4)CC3)c3ccccc3n2)c1C. The molecule has 3 aromatic heterocycles. The van der Waals surface area contributed by atoms with Crippen LogP contribution in [0.2, 0.25) is 0 Å². The molecule has 0 aliphatic carbocycles. The molecular formula is C25H27N5O2. The van der Waals surface area contributed by atoms with Crippen LogP contribution in [0, 0.1) is 6.92 Å². The van der Waals surface area contributed by atoms with Crippen LogP contribution in [-0.4, -0.2) is 56.7 Å². The lowest BCUT2D eigenvalue weighted by atomic mass is 10.0. The fraction of sp³-hybridized carbons (Fsp3) is 0.320. The summed E-state index contributed by atoms with van der Waals surface area (Å²) in [6.07, 6.45) is 3.55. The Balaban J connectivity index is 1.43. The van der Waals surface area contributed by atoms with Gasteiger partial charge in [0.2, 0.25) is 0 Å². The van der Waals surface area contributed by atoms with Crippen LogP contribution in [0.5, 0.6) is 0 Å². The van der Waals surface area contributed by atoms with Gasteiger partial charge >= 0.3 is 0 Å². The molecule has 0 bridgehead atoms.